The van der Waals surface area contributed by atoms with Gasteiger partial charge in [-0.25, -0.2) is 4.68 Å². The molecule has 0 amide bonds. The van der Waals surface area contributed by atoms with E-state index >= 15 is 0 Å². The normalized spacial score (nSPS) is 11.3. The third kappa shape index (κ3) is 4.21. The van der Waals surface area contributed by atoms with Gasteiger partial charge in [-0.3, -0.25) is 0 Å². The quantitative estimate of drug-likeness (QED) is 0.635. The standard InChI is InChI=1S/C9H17N3O.Re/c1-7(2)12-6-8(13-11-12)10-9(3,4)5;/h7,10H,1-5H3;. The first-order chi connectivity index (χ1) is 5.88. The average Bonchev–Trinajstić information content (AvgIpc) is 2.31. The van der Waals surface area contributed by atoms with Crippen LogP contribution in [0.4, 0.5) is 5.88 Å². The zero-order chi connectivity index (χ0) is 10.1. The molecule has 81 valence electrons. The first kappa shape index (κ1) is 13.6. The van der Waals surface area contributed by atoms with E-state index in [9.17, 15) is 0 Å². The Bertz CT molecular complexity index is 278. The first-order valence-electron chi connectivity index (χ1n) is 4.47. The molecule has 0 saturated carbocycles. The number of aromatic nitrogens is 2. The second-order valence-electron chi connectivity index (χ2n) is 4.43. The van der Waals surface area contributed by atoms with Gasteiger partial charge in [-0.05, 0) is 34.6 Å². The molecule has 0 spiro atoms. The Kier molecular flexibility index (Phi) is 4.76. The van der Waals surface area contributed by atoms with Crippen molar-refractivity contribution < 1.29 is 29.6 Å². The van der Waals surface area contributed by atoms with Gasteiger partial charge in [0.15, 0.2) is 5.27 Å². The molecule has 0 aliphatic heterocycles. The molecule has 14 heavy (non-hydrogen) atoms. The monoisotopic (exact) mass is 370 g/mol. The maximum Gasteiger partial charge on any atom is 0.160 e. The summed E-state index contributed by atoms with van der Waals surface area (Å²) in [4.78, 5) is 0. The Morgan fingerprint density at radius 3 is 2.36 bits per heavy atom. The van der Waals surface area contributed by atoms with Gasteiger partial charge in [0, 0.05) is 26.0 Å². The van der Waals surface area contributed by atoms with Crippen molar-refractivity contribution in [1.29, 1.82) is 0 Å². The Morgan fingerprint density at radius 1 is 1.43 bits per heavy atom. The molecule has 1 heterocycles. The summed E-state index contributed by atoms with van der Waals surface area (Å²) in [5.74, 6) is 0.584. The summed E-state index contributed by atoms with van der Waals surface area (Å²) in [5.41, 5.74) is -0.0230. The van der Waals surface area contributed by atoms with Crippen LogP contribution in [0.3, 0.4) is 0 Å². The van der Waals surface area contributed by atoms with Crippen molar-refractivity contribution >= 4 is 5.88 Å². The Hall–Kier alpha value is -0.398. The van der Waals surface area contributed by atoms with E-state index in [0.717, 1.165) is 0 Å². The molecule has 1 rings (SSSR count). The summed E-state index contributed by atoms with van der Waals surface area (Å²) in [6, 6.07) is 0.277. The van der Waals surface area contributed by atoms with Crippen LogP contribution in [0, 0.1) is 6.20 Å². The molecule has 1 aromatic rings. The van der Waals surface area contributed by atoms with Gasteiger partial charge in [0.05, 0.1) is 0 Å². The fourth-order valence-electron chi connectivity index (χ4n) is 0.844. The van der Waals surface area contributed by atoms with Crippen LogP contribution < -0.4 is 10.00 Å². The molecule has 0 aliphatic rings. The molecular weight excluding hydrogens is 352 g/mol. The van der Waals surface area contributed by atoms with Crippen LogP contribution in [0.1, 0.15) is 40.7 Å². The molecule has 5 heteroatoms. The minimum atomic E-state index is -0.0230. The summed E-state index contributed by atoms with van der Waals surface area (Å²) in [5, 5.41) is 6.97. The van der Waals surface area contributed by atoms with Crippen molar-refractivity contribution in [3.05, 3.63) is 6.20 Å². The number of nitrogens with zero attached hydrogens (tertiary/aromatic N) is 2. The molecule has 0 bridgehead atoms. The van der Waals surface area contributed by atoms with Gasteiger partial charge in [0.25, 0.3) is 0 Å². The van der Waals surface area contributed by atoms with E-state index in [1.54, 1.807) is 4.68 Å². The average molecular weight is 369 g/mol. The zero-order valence-corrected chi connectivity index (χ0v) is 12.0. The van der Waals surface area contributed by atoms with Crippen LogP contribution in [-0.2, 0) is 20.4 Å². The zero-order valence-electron chi connectivity index (χ0n) is 9.26. The maximum absolute atomic E-state index is 5.05. The van der Waals surface area contributed by atoms with Crippen molar-refractivity contribution in [2.75, 3.05) is 5.32 Å². The molecule has 0 aliphatic carbocycles. The van der Waals surface area contributed by atoms with Crippen molar-refractivity contribution in [3.8, 4) is 0 Å². The third-order valence-electron chi connectivity index (χ3n) is 1.41. The fourth-order valence-corrected chi connectivity index (χ4v) is 0.844. The van der Waals surface area contributed by atoms with Gasteiger partial charge in [0.2, 0.25) is 0 Å². The van der Waals surface area contributed by atoms with Gasteiger partial charge in [-0.2, -0.15) is 0 Å². The van der Waals surface area contributed by atoms with Crippen LogP contribution in [0.15, 0.2) is 4.52 Å². The van der Waals surface area contributed by atoms with Gasteiger partial charge in [-0.15, -0.1) is 0 Å². The topological polar surface area (TPSA) is 41.9 Å². The second-order valence-corrected chi connectivity index (χ2v) is 4.43. The van der Waals surface area contributed by atoms with E-state index in [1.165, 1.54) is 0 Å². The molecule has 1 radical (unpaired) electrons. The van der Waals surface area contributed by atoms with E-state index in [0.29, 0.717) is 5.88 Å². The van der Waals surface area contributed by atoms with Crippen molar-refractivity contribution in [2.24, 2.45) is 0 Å². The predicted octanol–water partition coefficient (Wildman–Crippen LogP) is 1.55. The first-order valence-corrected chi connectivity index (χ1v) is 4.47. The van der Waals surface area contributed by atoms with E-state index in [-0.39, 0.29) is 32.0 Å². The minimum absolute atomic E-state index is 0. The molecule has 0 fully saturated rings. The number of nitrogens with one attached hydrogen (secondary N) is 1. The molecule has 1 aromatic heterocycles. The Balaban J connectivity index is 0.00000169. The maximum atomic E-state index is 5.05. The van der Waals surface area contributed by atoms with Crippen LogP contribution in [0.2, 0.25) is 0 Å². The minimum Gasteiger partial charge on any atom is -0.375 e. The van der Waals surface area contributed by atoms with Crippen molar-refractivity contribution in [1.82, 2.24) is 5.27 Å². The molecular formula is C9H17N3ORe. The largest absolute Gasteiger partial charge is 0.375 e. The third-order valence-corrected chi connectivity index (χ3v) is 1.41. The van der Waals surface area contributed by atoms with Crippen LogP contribution >= 0.6 is 0 Å². The summed E-state index contributed by atoms with van der Waals surface area (Å²) < 4.78 is 6.71. The van der Waals surface area contributed by atoms with Crippen LogP contribution in [0.5, 0.6) is 0 Å². The number of hydrogen-bond acceptors (Lipinski definition) is 3. The van der Waals surface area contributed by atoms with E-state index in [4.69, 9.17) is 4.52 Å². The molecule has 0 aromatic carbocycles. The van der Waals surface area contributed by atoms with Crippen molar-refractivity contribution in [2.45, 2.75) is 46.2 Å². The molecule has 0 saturated heterocycles. The molecule has 0 atom stereocenters. The predicted molar refractivity (Wildman–Crippen MR) is 49.3 cm³/mol. The molecule has 1 N–H and O–H groups in total. The molecule has 4 nitrogen and oxygen atoms in total. The SMILES string of the molecule is CC(C)[n+]1[c-]c(NC(C)(C)C)on1.[Re]. The number of anilines is 1. The fraction of sp³-hybridized carbons (Fsp3) is 0.778. The Labute approximate surface area is 98.7 Å². The summed E-state index contributed by atoms with van der Waals surface area (Å²) >= 11 is 0. The summed E-state index contributed by atoms with van der Waals surface area (Å²) in [6.45, 7) is 10.2. The van der Waals surface area contributed by atoms with Gasteiger partial charge >= 0.3 is 0 Å². The van der Waals surface area contributed by atoms with Gasteiger partial charge < -0.3 is 9.84 Å². The number of hydrogen-bond donors (Lipinski definition) is 1. The second kappa shape index (κ2) is 4.90. The van der Waals surface area contributed by atoms with Gasteiger partial charge in [0.1, 0.15) is 11.9 Å². The number of rotatable bonds is 2. The van der Waals surface area contributed by atoms with Gasteiger partial charge in [-0.1, -0.05) is 6.20 Å². The van der Waals surface area contributed by atoms with E-state index in [1.807, 2.05) is 13.8 Å². The van der Waals surface area contributed by atoms with Crippen LogP contribution in [0.25, 0.3) is 0 Å². The molecule has 0 unspecified atom stereocenters. The van der Waals surface area contributed by atoms with Crippen molar-refractivity contribution in [3.63, 3.8) is 0 Å². The summed E-state index contributed by atoms with van der Waals surface area (Å²) in [6.07, 6.45) is 3.00. The van der Waals surface area contributed by atoms with E-state index in [2.05, 4.69) is 37.6 Å². The Morgan fingerprint density at radius 2 is 2.00 bits per heavy atom. The smallest absolute Gasteiger partial charge is 0.160 e. The van der Waals surface area contributed by atoms with E-state index < -0.39 is 0 Å². The summed E-state index contributed by atoms with van der Waals surface area (Å²) in [7, 11) is 0. The van der Waals surface area contributed by atoms with Crippen LogP contribution in [-0.4, -0.2) is 10.8 Å².